The summed E-state index contributed by atoms with van der Waals surface area (Å²) in [6.07, 6.45) is 0. The van der Waals surface area contributed by atoms with Crippen LogP contribution in [0, 0.1) is 11.2 Å². The first-order chi connectivity index (χ1) is 13.0. The lowest BCUT2D eigenvalue weighted by molar-refractivity contribution is -0.539. The molecule has 0 saturated carbocycles. The Labute approximate surface area is 157 Å². The molecular weight excluding hydrogens is 345 g/mol. The number of benzene rings is 2. The van der Waals surface area contributed by atoms with Crippen LogP contribution in [0.4, 0.5) is 21.6 Å². The van der Waals surface area contributed by atoms with Gasteiger partial charge >= 0.3 is 0 Å². The van der Waals surface area contributed by atoms with Gasteiger partial charge in [-0.3, -0.25) is 0 Å². The molecule has 3 rings (SSSR count). The van der Waals surface area contributed by atoms with E-state index in [2.05, 4.69) is 15.3 Å². The highest BCUT2D eigenvalue weighted by Crippen LogP contribution is 2.28. The molecule has 0 unspecified atom stereocenters. The molecule has 138 valence electrons. The van der Waals surface area contributed by atoms with E-state index in [1.165, 1.54) is 13.2 Å². The van der Waals surface area contributed by atoms with Crippen LogP contribution in [0.15, 0.2) is 48.5 Å². The molecule has 0 atom stereocenters. The van der Waals surface area contributed by atoms with Gasteiger partial charge in [-0.15, -0.1) is 0 Å². The fourth-order valence-corrected chi connectivity index (χ4v) is 2.72. The van der Waals surface area contributed by atoms with Gasteiger partial charge in [-0.05, 0) is 19.1 Å². The maximum absolute atomic E-state index is 14.0. The molecular formula is C20H21FN5O+. The first-order valence-electron chi connectivity index (χ1n) is 8.46. The van der Waals surface area contributed by atoms with Gasteiger partial charge in [0.2, 0.25) is 0 Å². The number of nitrogens with one attached hydrogen (secondary N) is 2. The number of nitrogens with two attached hydrogens (primary N) is 1. The zero-order valence-corrected chi connectivity index (χ0v) is 15.4. The Balaban J connectivity index is 2.11. The van der Waals surface area contributed by atoms with E-state index in [-0.39, 0.29) is 5.75 Å². The van der Waals surface area contributed by atoms with Crippen molar-refractivity contribution >= 4 is 22.9 Å². The molecule has 0 aliphatic carbocycles. The molecule has 0 bridgehead atoms. The van der Waals surface area contributed by atoms with Gasteiger partial charge in [0, 0.05) is 17.3 Å². The monoisotopic (exact) mass is 366 g/mol. The number of hydrogen-bond donors (Lipinski definition) is 3. The number of aromatic nitrogens is 2. The highest BCUT2D eigenvalue weighted by molar-refractivity contribution is 6.00. The van der Waals surface area contributed by atoms with E-state index in [1.54, 1.807) is 19.1 Å². The van der Waals surface area contributed by atoms with Crippen molar-refractivity contribution in [1.82, 2.24) is 9.97 Å². The van der Waals surface area contributed by atoms with Gasteiger partial charge < -0.3 is 20.8 Å². The van der Waals surface area contributed by atoms with Gasteiger partial charge in [0.1, 0.15) is 0 Å². The molecule has 0 aliphatic rings. The van der Waals surface area contributed by atoms with Crippen molar-refractivity contribution in [3.05, 3.63) is 60.0 Å². The zero-order chi connectivity index (χ0) is 19.4. The third kappa shape index (κ3) is 3.93. The summed E-state index contributed by atoms with van der Waals surface area (Å²) in [5.74, 6) is 0.716. The van der Waals surface area contributed by atoms with Crippen LogP contribution in [0.2, 0.25) is 0 Å². The Hall–Kier alpha value is -3.32. The van der Waals surface area contributed by atoms with Gasteiger partial charge in [0.25, 0.3) is 0 Å². The van der Waals surface area contributed by atoms with Crippen molar-refractivity contribution in [1.29, 1.82) is 5.41 Å². The van der Waals surface area contributed by atoms with Gasteiger partial charge in [-0.1, -0.05) is 30.3 Å². The Morgan fingerprint density at radius 3 is 2.48 bits per heavy atom. The number of ether oxygens (including phenoxy) is 1. The third-order valence-corrected chi connectivity index (χ3v) is 4.04. The third-order valence-electron chi connectivity index (χ3n) is 4.04. The molecule has 0 aliphatic heterocycles. The fraction of sp³-hybridized carbons (Fsp3) is 0.150. The summed E-state index contributed by atoms with van der Waals surface area (Å²) in [7, 11) is 3.28. The Morgan fingerprint density at radius 1 is 1.15 bits per heavy atom. The van der Waals surface area contributed by atoms with E-state index in [0.29, 0.717) is 34.4 Å². The van der Waals surface area contributed by atoms with E-state index >= 15 is 0 Å². The van der Waals surface area contributed by atoms with Gasteiger partial charge in [-0.2, -0.15) is 0 Å². The summed E-state index contributed by atoms with van der Waals surface area (Å²) >= 11 is 0. The predicted octanol–water partition coefficient (Wildman–Crippen LogP) is 3.25. The lowest BCUT2D eigenvalue weighted by atomic mass is 10.1. The van der Waals surface area contributed by atoms with Crippen LogP contribution in [0.3, 0.4) is 0 Å². The number of halogens is 1. The molecule has 4 N–H and O–H groups in total. The minimum Gasteiger partial charge on any atom is -0.494 e. The minimum absolute atomic E-state index is 0.173. The van der Waals surface area contributed by atoms with Crippen molar-refractivity contribution < 1.29 is 14.4 Å². The predicted molar refractivity (Wildman–Crippen MR) is 104 cm³/mol. The Bertz CT molecular complexity index is 976. The van der Waals surface area contributed by atoms with Crippen molar-refractivity contribution in [2.75, 3.05) is 19.5 Å². The largest absolute Gasteiger partial charge is 0.494 e. The number of quaternary nitrogens is 1. The quantitative estimate of drug-likeness (QED) is 0.585. The molecule has 1 heterocycles. The molecule has 0 fully saturated rings. The van der Waals surface area contributed by atoms with Crippen LogP contribution in [-0.2, 0) is 0 Å². The summed E-state index contributed by atoms with van der Waals surface area (Å²) in [6, 6.07) is 14.1. The van der Waals surface area contributed by atoms with Crippen molar-refractivity contribution in [3.8, 4) is 17.1 Å². The van der Waals surface area contributed by atoms with E-state index in [4.69, 9.17) is 10.1 Å². The number of hydrogen-bond acceptors (Lipinski definition) is 5. The second kappa shape index (κ2) is 7.92. The summed E-state index contributed by atoms with van der Waals surface area (Å²) in [5.41, 5.74) is 2.92. The molecule has 6 nitrogen and oxygen atoms in total. The van der Waals surface area contributed by atoms with Gasteiger partial charge in [-0.25, -0.2) is 14.4 Å². The standard InChI is InChI=1S/C20H20FN5O/c1-12(22)17-18(23-2)20(24-14-9-10-16(27-3)15(21)11-14)26-19(25-17)13-7-5-4-6-8-13/h4-11,22-23H,1-3H3,(H,24,25,26)/p+1. The first-order valence-corrected chi connectivity index (χ1v) is 8.46. The first kappa shape index (κ1) is 18.5. The van der Waals surface area contributed by atoms with Crippen molar-refractivity contribution in [2.45, 2.75) is 6.92 Å². The summed E-state index contributed by atoms with van der Waals surface area (Å²) in [4.78, 5) is 9.18. The number of nitrogens with zero attached hydrogens (tertiary/aromatic N) is 2. The second-order valence-electron chi connectivity index (χ2n) is 5.91. The molecule has 3 aromatic rings. The molecule has 0 saturated heterocycles. The molecule has 0 amide bonds. The van der Waals surface area contributed by atoms with E-state index in [1.807, 2.05) is 42.7 Å². The molecule has 27 heavy (non-hydrogen) atoms. The average molecular weight is 366 g/mol. The normalized spacial score (nSPS) is 10.5. The van der Waals surface area contributed by atoms with Crippen LogP contribution in [0.25, 0.3) is 11.4 Å². The van der Waals surface area contributed by atoms with Crippen molar-refractivity contribution in [3.63, 3.8) is 0 Å². The Kier molecular flexibility index (Phi) is 5.42. The zero-order valence-electron chi connectivity index (χ0n) is 15.4. The summed E-state index contributed by atoms with van der Waals surface area (Å²) < 4.78 is 19.0. The summed E-state index contributed by atoms with van der Waals surface area (Å²) in [6.45, 7) is 1.68. The summed E-state index contributed by atoms with van der Waals surface area (Å²) in [5, 5.41) is 13.1. The number of rotatable bonds is 6. The smallest absolute Gasteiger partial charge is 0.200 e. The molecule has 1 aromatic heterocycles. The SMILES string of the molecule is C[NH2+]c1c(Nc2ccc(OC)c(F)c2)nc(-c2ccccc2)nc1C(C)=N. The topological polar surface area (TPSA) is 87.5 Å². The van der Waals surface area contributed by atoms with E-state index in [0.717, 1.165) is 5.56 Å². The number of methoxy groups -OCH3 is 1. The van der Waals surface area contributed by atoms with E-state index in [9.17, 15) is 4.39 Å². The molecule has 0 radical (unpaired) electrons. The van der Waals surface area contributed by atoms with E-state index < -0.39 is 5.82 Å². The van der Waals surface area contributed by atoms with Crippen molar-refractivity contribution in [2.24, 2.45) is 0 Å². The molecule has 7 heteroatoms. The lowest BCUT2D eigenvalue weighted by Gasteiger charge is -2.13. The van der Waals surface area contributed by atoms with Crippen LogP contribution < -0.4 is 15.4 Å². The average Bonchev–Trinajstić information content (AvgIpc) is 2.68. The highest BCUT2D eigenvalue weighted by atomic mass is 19.1. The Morgan fingerprint density at radius 2 is 1.89 bits per heavy atom. The number of anilines is 2. The highest BCUT2D eigenvalue weighted by Gasteiger charge is 2.20. The fourth-order valence-electron chi connectivity index (χ4n) is 2.72. The molecule has 2 aromatic carbocycles. The molecule has 0 spiro atoms. The second-order valence-corrected chi connectivity index (χ2v) is 5.91. The van der Waals surface area contributed by atoms with Gasteiger partial charge in [0.05, 0.1) is 19.9 Å². The van der Waals surface area contributed by atoms with Crippen LogP contribution in [0.1, 0.15) is 12.6 Å². The van der Waals surface area contributed by atoms with Crippen LogP contribution in [0.5, 0.6) is 5.75 Å². The maximum Gasteiger partial charge on any atom is 0.200 e. The van der Waals surface area contributed by atoms with Gasteiger partial charge in [0.15, 0.2) is 34.6 Å². The van der Waals surface area contributed by atoms with Crippen LogP contribution >= 0.6 is 0 Å². The lowest BCUT2D eigenvalue weighted by Crippen LogP contribution is -2.73. The van der Waals surface area contributed by atoms with Crippen LogP contribution in [-0.4, -0.2) is 29.8 Å². The maximum atomic E-state index is 14.0. The minimum atomic E-state index is -0.467.